The zero-order valence-corrected chi connectivity index (χ0v) is 13.5. The average molecular weight is 316 g/mol. The summed E-state index contributed by atoms with van der Waals surface area (Å²) in [5, 5.41) is 12.1. The largest absolute Gasteiger partial charge is 0.508 e. The highest BCUT2D eigenvalue weighted by Gasteiger charge is 2.18. The molecule has 0 heterocycles. The molecule has 0 aromatic heterocycles. The molecule has 0 aliphatic heterocycles. The fourth-order valence-corrected chi connectivity index (χ4v) is 2.45. The summed E-state index contributed by atoms with van der Waals surface area (Å²) in [6.45, 7) is 2.35. The third kappa shape index (κ3) is 4.29. The van der Waals surface area contributed by atoms with E-state index in [-0.39, 0.29) is 17.4 Å². The summed E-state index contributed by atoms with van der Waals surface area (Å²) in [6.07, 6.45) is 0. The summed E-state index contributed by atoms with van der Waals surface area (Å²) in [5.74, 6) is -1.34. The second kappa shape index (κ2) is 7.24. The lowest BCUT2D eigenvalue weighted by atomic mass is 10.0. The van der Waals surface area contributed by atoms with Gasteiger partial charge >= 0.3 is 0 Å². The third-order valence-corrected chi connectivity index (χ3v) is 3.70. The Morgan fingerprint density at radius 2 is 2.00 bits per heavy atom. The number of benzene rings is 2. The van der Waals surface area contributed by atoms with Gasteiger partial charge in [0.2, 0.25) is 0 Å². The van der Waals surface area contributed by atoms with E-state index < -0.39 is 11.7 Å². The van der Waals surface area contributed by atoms with Crippen LogP contribution in [0.5, 0.6) is 5.75 Å². The topological polar surface area (TPSA) is 52.6 Å². The molecule has 2 aromatic rings. The number of hydrogen-bond acceptors (Lipinski definition) is 3. The maximum absolute atomic E-state index is 13.7. The van der Waals surface area contributed by atoms with E-state index >= 15 is 0 Å². The van der Waals surface area contributed by atoms with E-state index in [2.05, 4.69) is 11.4 Å². The molecule has 2 aromatic carbocycles. The number of hydrogen-bond donors (Lipinski definition) is 2. The van der Waals surface area contributed by atoms with Gasteiger partial charge in [-0.2, -0.15) is 0 Å². The molecule has 1 unspecified atom stereocenters. The van der Waals surface area contributed by atoms with Crippen LogP contribution in [0, 0.1) is 12.7 Å². The number of amides is 1. The van der Waals surface area contributed by atoms with E-state index in [0.29, 0.717) is 6.54 Å². The zero-order chi connectivity index (χ0) is 17.0. The van der Waals surface area contributed by atoms with Crippen LogP contribution in [0.4, 0.5) is 4.39 Å². The number of carbonyl (C=O) groups is 1. The molecule has 0 fully saturated rings. The van der Waals surface area contributed by atoms with Gasteiger partial charge in [0.15, 0.2) is 0 Å². The van der Waals surface area contributed by atoms with Crippen LogP contribution in [-0.2, 0) is 0 Å². The van der Waals surface area contributed by atoms with E-state index in [1.165, 1.54) is 6.07 Å². The smallest absolute Gasteiger partial charge is 0.254 e. The average Bonchev–Trinajstić information content (AvgIpc) is 2.49. The Morgan fingerprint density at radius 1 is 1.26 bits per heavy atom. The summed E-state index contributed by atoms with van der Waals surface area (Å²) in [6, 6.07) is 11.4. The number of nitrogens with one attached hydrogen (secondary N) is 1. The summed E-state index contributed by atoms with van der Waals surface area (Å²) in [7, 11) is 3.85. The normalized spacial score (nSPS) is 12.2. The predicted molar refractivity (Wildman–Crippen MR) is 88.0 cm³/mol. The van der Waals surface area contributed by atoms with Crippen molar-refractivity contribution >= 4 is 5.91 Å². The molecule has 0 saturated carbocycles. The van der Waals surface area contributed by atoms with Gasteiger partial charge in [0.1, 0.15) is 11.6 Å². The van der Waals surface area contributed by atoms with Gasteiger partial charge in [-0.25, -0.2) is 4.39 Å². The molecule has 0 saturated heterocycles. The van der Waals surface area contributed by atoms with Crippen molar-refractivity contribution in [2.75, 3.05) is 20.6 Å². The Labute approximate surface area is 135 Å². The standard InChI is InChI=1S/C18H21FN2O2/c1-12-5-4-6-13(9-12)17(21(2)3)11-20-18(23)15-10-14(22)7-8-16(15)19/h4-10,17,22H,11H2,1-3H3,(H,20,23). The van der Waals surface area contributed by atoms with Gasteiger partial charge in [0.05, 0.1) is 11.6 Å². The first-order chi connectivity index (χ1) is 10.9. The fraction of sp³-hybridized carbons (Fsp3) is 0.278. The molecular weight excluding hydrogens is 295 g/mol. The highest BCUT2D eigenvalue weighted by atomic mass is 19.1. The van der Waals surface area contributed by atoms with Crippen LogP contribution in [0.2, 0.25) is 0 Å². The van der Waals surface area contributed by atoms with Gasteiger partial charge in [-0.1, -0.05) is 29.8 Å². The Kier molecular flexibility index (Phi) is 5.34. The van der Waals surface area contributed by atoms with Gasteiger partial charge in [-0.3, -0.25) is 4.79 Å². The monoisotopic (exact) mass is 316 g/mol. The lowest BCUT2D eigenvalue weighted by Crippen LogP contribution is -2.34. The number of nitrogens with zero attached hydrogens (tertiary/aromatic N) is 1. The minimum atomic E-state index is -0.655. The predicted octanol–water partition coefficient (Wildman–Crippen LogP) is 2.87. The minimum absolute atomic E-state index is 0.0285. The Balaban J connectivity index is 2.13. The van der Waals surface area contributed by atoms with Crippen LogP contribution in [0.15, 0.2) is 42.5 Å². The molecule has 2 rings (SSSR count). The van der Waals surface area contributed by atoms with Crippen LogP contribution in [0.3, 0.4) is 0 Å². The molecule has 0 spiro atoms. The first-order valence-corrected chi connectivity index (χ1v) is 7.38. The van der Waals surface area contributed by atoms with Crippen molar-refractivity contribution in [1.29, 1.82) is 0 Å². The van der Waals surface area contributed by atoms with Gasteiger partial charge in [0.25, 0.3) is 5.91 Å². The van der Waals surface area contributed by atoms with Crippen molar-refractivity contribution in [3.05, 3.63) is 65.0 Å². The van der Waals surface area contributed by atoms with E-state index in [4.69, 9.17) is 0 Å². The Hall–Kier alpha value is -2.40. The van der Waals surface area contributed by atoms with Crippen LogP contribution >= 0.6 is 0 Å². The highest BCUT2D eigenvalue weighted by molar-refractivity contribution is 5.94. The van der Waals surface area contributed by atoms with Gasteiger partial charge < -0.3 is 15.3 Å². The van der Waals surface area contributed by atoms with Gasteiger partial charge in [-0.15, -0.1) is 0 Å². The number of aromatic hydroxyl groups is 1. The molecule has 23 heavy (non-hydrogen) atoms. The molecule has 0 radical (unpaired) electrons. The summed E-state index contributed by atoms with van der Waals surface area (Å²) in [4.78, 5) is 14.2. The third-order valence-electron chi connectivity index (χ3n) is 3.70. The quantitative estimate of drug-likeness (QED) is 0.892. The van der Waals surface area contributed by atoms with E-state index in [9.17, 15) is 14.3 Å². The zero-order valence-electron chi connectivity index (χ0n) is 13.5. The SMILES string of the molecule is Cc1cccc(C(CNC(=O)c2cc(O)ccc2F)N(C)C)c1. The van der Waals surface area contributed by atoms with Crippen molar-refractivity contribution in [1.82, 2.24) is 10.2 Å². The number of phenols is 1. The molecule has 5 heteroatoms. The van der Waals surface area contributed by atoms with E-state index in [0.717, 1.165) is 23.3 Å². The summed E-state index contributed by atoms with van der Waals surface area (Å²) < 4.78 is 13.7. The Morgan fingerprint density at radius 3 is 2.65 bits per heavy atom. The number of carbonyl (C=O) groups excluding carboxylic acids is 1. The van der Waals surface area contributed by atoms with Crippen LogP contribution < -0.4 is 5.32 Å². The van der Waals surface area contributed by atoms with E-state index in [1.807, 2.05) is 44.1 Å². The number of halogens is 1. The maximum atomic E-state index is 13.7. The van der Waals surface area contributed by atoms with Crippen molar-refractivity contribution in [2.24, 2.45) is 0 Å². The number of phenolic OH excluding ortho intramolecular Hbond substituents is 1. The number of rotatable bonds is 5. The first kappa shape index (κ1) is 17.0. The second-order valence-corrected chi connectivity index (χ2v) is 5.77. The molecule has 122 valence electrons. The lowest BCUT2D eigenvalue weighted by molar-refractivity contribution is 0.0937. The molecule has 0 aliphatic rings. The number of aryl methyl sites for hydroxylation is 1. The first-order valence-electron chi connectivity index (χ1n) is 7.38. The number of likely N-dealkylation sites (N-methyl/N-ethyl adjacent to an activating group) is 1. The van der Waals surface area contributed by atoms with Crippen molar-refractivity contribution in [3.63, 3.8) is 0 Å². The van der Waals surface area contributed by atoms with Crippen LogP contribution in [0.25, 0.3) is 0 Å². The molecule has 0 aliphatic carbocycles. The highest BCUT2D eigenvalue weighted by Crippen LogP contribution is 2.19. The molecule has 4 nitrogen and oxygen atoms in total. The molecule has 2 N–H and O–H groups in total. The molecular formula is C18H21FN2O2. The molecule has 1 atom stereocenters. The molecule has 0 bridgehead atoms. The molecule has 1 amide bonds. The second-order valence-electron chi connectivity index (χ2n) is 5.77. The van der Waals surface area contributed by atoms with Gasteiger partial charge in [0, 0.05) is 6.54 Å². The van der Waals surface area contributed by atoms with E-state index in [1.54, 1.807) is 0 Å². The van der Waals surface area contributed by atoms with Gasteiger partial charge in [-0.05, 0) is 44.8 Å². The fourth-order valence-electron chi connectivity index (χ4n) is 2.45. The van der Waals surface area contributed by atoms with Crippen molar-refractivity contribution < 1.29 is 14.3 Å². The lowest BCUT2D eigenvalue weighted by Gasteiger charge is -2.25. The summed E-state index contributed by atoms with van der Waals surface area (Å²) >= 11 is 0. The summed E-state index contributed by atoms with van der Waals surface area (Å²) in [5.41, 5.74) is 2.05. The van der Waals surface area contributed by atoms with Crippen molar-refractivity contribution in [3.8, 4) is 5.75 Å². The Bertz CT molecular complexity index is 701. The minimum Gasteiger partial charge on any atom is -0.508 e. The van der Waals surface area contributed by atoms with Crippen LogP contribution in [0.1, 0.15) is 27.5 Å². The maximum Gasteiger partial charge on any atom is 0.254 e. The van der Waals surface area contributed by atoms with Crippen molar-refractivity contribution in [2.45, 2.75) is 13.0 Å². The van der Waals surface area contributed by atoms with Crippen LogP contribution in [-0.4, -0.2) is 36.6 Å².